The lowest BCUT2D eigenvalue weighted by Gasteiger charge is -2.20. The molecule has 1 aromatic rings. The first-order valence-corrected chi connectivity index (χ1v) is 8.27. The van der Waals surface area contributed by atoms with E-state index in [-0.39, 0.29) is 18.0 Å². The van der Waals surface area contributed by atoms with Crippen LogP contribution in [0.1, 0.15) is 56.8 Å². The van der Waals surface area contributed by atoms with Crippen molar-refractivity contribution in [1.82, 2.24) is 5.32 Å². The van der Waals surface area contributed by atoms with Gasteiger partial charge in [0.15, 0.2) is 0 Å². The van der Waals surface area contributed by atoms with E-state index in [1.807, 2.05) is 46.9 Å². The third-order valence-corrected chi connectivity index (χ3v) is 3.86. The molecule has 0 saturated carbocycles. The van der Waals surface area contributed by atoms with E-state index in [1.165, 1.54) is 11.3 Å². The van der Waals surface area contributed by atoms with Crippen LogP contribution in [0.2, 0.25) is 0 Å². The summed E-state index contributed by atoms with van der Waals surface area (Å²) in [5.41, 5.74) is 0.834. The lowest BCUT2D eigenvalue weighted by molar-refractivity contribution is -0.117. The first-order valence-electron chi connectivity index (χ1n) is 7.39. The maximum atomic E-state index is 12.2. The molecule has 1 unspecified atom stereocenters. The summed E-state index contributed by atoms with van der Waals surface area (Å²) in [6.45, 7) is 13.1. The first kappa shape index (κ1) is 18.6. The molecule has 0 aliphatic heterocycles. The molecule has 0 aromatic carbocycles. The Morgan fingerprint density at radius 1 is 1.23 bits per heavy atom. The number of carbonyl (C=O) groups excluding carboxylic acids is 2. The monoisotopic (exact) mass is 326 g/mol. The zero-order valence-electron chi connectivity index (χ0n) is 14.4. The van der Waals surface area contributed by atoms with E-state index >= 15 is 0 Å². The summed E-state index contributed by atoms with van der Waals surface area (Å²) in [6.07, 6.45) is 0. The molecule has 6 heteroatoms. The number of amides is 1. The highest BCUT2D eigenvalue weighted by molar-refractivity contribution is 7.12. The van der Waals surface area contributed by atoms with Gasteiger partial charge in [-0.1, -0.05) is 13.8 Å². The van der Waals surface area contributed by atoms with Crippen molar-refractivity contribution in [3.05, 3.63) is 15.8 Å². The van der Waals surface area contributed by atoms with Gasteiger partial charge in [0.2, 0.25) is 5.91 Å². The second-order valence-electron chi connectivity index (χ2n) is 6.66. The highest BCUT2D eigenvalue weighted by Gasteiger charge is 2.25. The number of hydrogen-bond donors (Lipinski definition) is 2. The Hall–Kier alpha value is -1.40. The van der Waals surface area contributed by atoms with E-state index in [1.54, 1.807) is 6.92 Å². The van der Waals surface area contributed by atoms with Crippen molar-refractivity contribution >= 4 is 28.9 Å². The number of nitrogens with one attached hydrogen (secondary N) is 2. The van der Waals surface area contributed by atoms with Crippen LogP contribution in [-0.4, -0.2) is 29.6 Å². The van der Waals surface area contributed by atoms with Gasteiger partial charge in [-0.2, -0.15) is 0 Å². The normalized spacial score (nSPS) is 13.1. The van der Waals surface area contributed by atoms with Crippen LogP contribution in [0.15, 0.2) is 5.38 Å². The summed E-state index contributed by atoms with van der Waals surface area (Å²) < 4.78 is 5.39. The summed E-state index contributed by atoms with van der Waals surface area (Å²) in [5, 5.41) is 7.82. The molecule has 2 N–H and O–H groups in total. The summed E-state index contributed by atoms with van der Waals surface area (Å²) >= 11 is 1.28. The number of aryl methyl sites for hydroxylation is 1. The second kappa shape index (κ2) is 7.24. The van der Waals surface area contributed by atoms with Crippen molar-refractivity contribution in [2.45, 2.75) is 66.2 Å². The molecule has 0 radical (unpaired) electrons. The number of anilines is 1. The van der Waals surface area contributed by atoms with Gasteiger partial charge in [-0.15, -0.1) is 11.3 Å². The van der Waals surface area contributed by atoms with Crippen LogP contribution in [0.3, 0.4) is 0 Å². The molecule has 1 amide bonds. The van der Waals surface area contributed by atoms with E-state index in [4.69, 9.17) is 4.74 Å². The van der Waals surface area contributed by atoms with E-state index in [2.05, 4.69) is 10.6 Å². The number of rotatable bonds is 5. The Morgan fingerprint density at radius 3 is 2.32 bits per heavy atom. The Bertz CT molecular complexity index is 544. The smallest absolute Gasteiger partial charge is 0.351 e. The molecule has 0 fully saturated rings. The van der Waals surface area contributed by atoms with Crippen LogP contribution in [0, 0.1) is 6.92 Å². The zero-order chi connectivity index (χ0) is 17.1. The SMILES string of the molecule is Cc1csc(C(=O)OC(C)(C)C)c1NC(=O)C(C)NC(C)C. The number of hydrogen-bond acceptors (Lipinski definition) is 5. The number of ether oxygens (including phenoxy) is 1. The molecule has 1 rings (SSSR count). The molecule has 124 valence electrons. The molecular formula is C16H26N2O3S. The van der Waals surface area contributed by atoms with Crippen LogP contribution in [0.5, 0.6) is 0 Å². The minimum atomic E-state index is -0.567. The predicted octanol–water partition coefficient (Wildman–Crippen LogP) is 3.34. The van der Waals surface area contributed by atoms with Crippen LogP contribution >= 0.6 is 11.3 Å². The van der Waals surface area contributed by atoms with Crippen molar-refractivity contribution in [3.8, 4) is 0 Å². The maximum absolute atomic E-state index is 12.2. The minimum absolute atomic E-state index is 0.167. The average molecular weight is 326 g/mol. The second-order valence-corrected chi connectivity index (χ2v) is 7.54. The summed E-state index contributed by atoms with van der Waals surface area (Å²) in [7, 11) is 0. The molecule has 0 aliphatic carbocycles. The topological polar surface area (TPSA) is 67.4 Å². The fourth-order valence-corrected chi connectivity index (χ4v) is 2.76. The summed E-state index contributed by atoms with van der Waals surface area (Å²) in [6, 6.07) is -0.138. The highest BCUT2D eigenvalue weighted by atomic mass is 32.1. The van der Waals surface area contributed by atoms with Gasteiger partial charge in [0, 0.05) is 6.04 Å². The number of thiophene rings is 1. The molecule has 0 saturated heterocycles. The Kier molecular flexibility index (Phi) is 6.14. The number of esters is 1. The molecule has 22 heavy (non-hydrogen) atoms. The summed E-state index contributed by atoms with van der Waals surface area (Å²) in [5.74, 6) is -0.578. The van der Waals surface area contributed by atoms with Gasteiger partial charge in [0.1, 0.15) is 10.5 Å². The van der Waals surface area contributed by atoms with Crippen LogP contribution in [-0.2, 0) is 9.53 Å². The Balaban J connectivity index is 2.90. The van der Waals surface area contributed by atoms with Gasteiger partial charge in [-0.3, -0.25) is 4.79 Å². The highest BCUT2D eigenvalue weighted by Crippen LogP contribution is 2.29. The van der Waals surface area contributed by atoms with Crippen molar-refractivity contribution in [2.24, 2.45) is 0 Å². The fraction of sp³-hybridized carbons (Fsp3) is 0.625. The van der Waals surface area contributed by atoms with Crippen LogP contribution in [0.4, 0.5) is 5.69 Å². The molecule has 1 heterocycles. The van der Waals surface area contributed by atoms with Crippen molar-refractivity contribution < 1.29 is 14.3 Å². The molecule has 1 atom stereocenters. The molecule has 0 bridgehead atoms. The van der Waals surface area contributed by atoms with Gasteiger partial charge in [0.05, 0.1) is 11.7 Å². The average Bonchev–Trinajstić information content (AvgIpc) is 2.68. The fourth-order valence-electron chi connectivity index (χ4n) is 1.88. The third-order valence-electron chi connectivity index (χ3n) is 2.78. The lowest BCUT2D eigenvalue weighted by atomic mass is 10.2. The minimum Gasteiger partial charge on any atom is -0.456 e. The van der Waals surface area contributed by atoms with Gasteiger partial charge in [-0.25, -0.2) is 4.79 Å². The van der Waals surface area contributed by atoms with Gasteiger partial charge < -0.3 is 15.4 Å². The number of carbonyl (C=O) groups is 2. The quantitative estimate of drug-likeness (QED) is 0.814. The summed E-state index contributed by atoms with van der Waals surface area (Å²) in [4.78, 5) is 24.9. The van der Waals surface area contributed by atoms with Crippen molar-refractivity contribution in [2.75, 3.05) is 5.32 Å². The Morgan fingerprint density at radius 2 is 1.82 bits per heavy atom. The molecular weight excluding hydrogens is 300 g/mol. The first-order chi connectivity index (χ1) is 10.0. The zero-order valence-corrected chi connectivity index (χ0v) is 15.2. The van der Waals surface area contributed by atoms with Gasteiger partial charge in [-0.05, 0) is 45.6 Å². The van der Waals surface area contributed by atoms with E-state index in [0.717, 1.165) is 5.56 Å². The van der Waals surface area contributed by atoms with Crippen molar-refractivity contribution in [3.63, 3.8) is 0 Å². The van der Waals surface area contributed by atoms with Crippen LogP contribution < -0.4 is 10.6 Å². The lowest BCUT2D eigenvalue weighted by Crippen LogP contribution is -2.41. The van der Waals surface area contributed by atoms with E-state index in [0.29, 0.717) is 10.6 Å². The standard InChI is InChI=1S/C16H26N2O3S/c1-9(2)17-11(4)14(19)18-12-10(3)8-22-13(12)15(20)21-16(5,6)7/h8-9,11,17H,1-7H3,(H,18,19). The maximum Gasteiger partial charge on any atom is 0.351 e. The van der Waals surface area contributed by atoms with E-state index < -0.39 is 11.6 Å². The largest absolute Gasteiger partial charge is 0.456 e. The third kappa shape index (κ3) is 5.42. The van der Waals surface area contributed by atoms with E-state index in [9.17, 15) is 9.59 Å². The Labute approximate surface area is 136 Å². The molecule has 0 spiro atoms. The van der Waals surface area contributed by atoms with Gasteiger partial charge in [0.25, 0.3) is 0 Å². The molecule has 5 nitrogen and oxygen atoms in total. The predicted molar refractivity (Wildman–Crippen MR) is 90.6 cm³/mol. The molecule has 1 aromatic heterocycles. The van der Waals surface area contributed by atoms with Crippen LogP contribution in [0.25, 0.3) is 0 Å². The molecule has 0 aliphatic rings. The van der Waals surface area contributed by atoms with Crippen molar-refractivity contribution in [1.29, 1.82) is 0 Å². The van der Waals surface area contributed by atoms with Gasteiger partial charge >= 0.3 is 5.97 Å².